The van der Waals surface area contributed by atoms with E-state index in [9.17, 15) is 14.4 Å². The van der Waals surface area contributed by atoms with Gasteiger partial charge in [-0.15, -0.1) is 0 Å². The summed E-state index contributed by atoms with van der Waals surface area (Å²) in [5, 5.41) is 2.71. The summed E-state index contributed by atoms with van der Waals surface area (Å²) in [5.41, 5.74) is 9.01. The van der Waals surface area contributed by atoms with Crippen molar-refractivity contribution >= 4 is 18.4 Å². The number of aromatic amines is 2. The molecule has 0 aliphatic carbocycles. The van der Waals surface area contributed by atoms with Gasteiger partial charge in [-0.3, -0.25) is 14.5 Å². The van der Waals surface area contributed by atoms with Crippen molar-refractivity contribution in [2.24, 2.45) is 5.92 Å². The molecule has 2 saturated heterocycles. The van der Waals surface area contributed by atoms with Crippen LogP contribution in [0.4, 0.5) is 4.79 Å². The smallest absolute Gasteiger partial charge is 0.407 e. The number of amides is 3. The van der Waals surface area contributed by atoms with Crippen molar-refractivity contribution in [1.82, 2.24) is 40.0 Å². The first-order valence-electron chi connectivity index (χ1n) is 17.2. The predicted octanol–water partition coefficient (Wildman–Crippen LogP) is 5.42. The second-order valence-electron chi connectivity index (χ2n) is 13.8. The number of nitrogens with one attached hydrogen (secondary N) is 3. The van der Waals surface area contributed by atoms with Gasteiger partial charge in [0.15, 0.2) is 0 Å². The van der Waals surface area contributed by atoms with Gasteiger partial charge in [0.1, 0.15) is 17.7 Å². The number of imidazole rings is 2. The average molecular weight is 665 g/mol. The van der Waals surface area contributed by atoms with E-state index in [-0.39, 0.29) is 23.9 Å². The summed E-state index contributed by atoms with van der Waals surface area (Å²) >= 11 is 0. The van der Waals surface area contributed by atoms with Gasteiger partial charge in [-0.1, -0.05) is 50.2 Å². The minimum Gasteiger partial charge on any atom is -0.453 e. The maximum Gasteiger partial charge on any atom is 0.407 e. The lowest BCUT2D eigenvalue weighted by Crippen LogP contribution is -2.51. The first kappa shape index (κ1) is 32.6. The molecule has 3 unspecified atom stereocenters. The Balaban J connectivity index is 1.10. The molecule has 0 spiro atoms. The number of hydrogen-bond acceptors (Lipinski definition) is 7. The molecule has 7 rings (SSSR count). The van der Waals surface area contributed by atoms with Gasteiger partial charge in [0.2, 0.25) is 12.3 Å². The molecule has 3 aliphatic heterocycles. The number of hydrogen-bond donors (Lipinski definition) is 3. The molecule has 3 amide bonds. The van der Waals surface area contributed by atoms with Crippen molar-refractivity contribution in [3.8, 4) is 33.6 Å². The second kappa shape index (κ2) is 13.5. The monoisotopic (exact) mass is 664 g/mol. The van der Waals surface area contributed by atoms with Crippen molar-refractivity contribution in [3.63, 3.8) is 0 Å². The summed E-state index contributed by atoms with van der Waals surface area (Å²) in [7, 11) is 3.44. The van der Waals surface area contributed by atoms with Crippen molar-refractivity contribution in [2.45, 2.75) is 70.7 Å². The highest BCUT2D eigenvalue weighted by molar-refractivity contribution is 5.86. The molecule has 4 aromatic rings. The molecule has 256 valence electrons. The second-order valence-corrected chi connectivity index (χ2v) is 13.8. The highest BCUT2D eigenvalue weighted by atomic mass is 16.5. The summed E-state index contributed by atoms with van der Waals surface area (Å²) in [5.74, 6) is 1.38. The zero-order valence-corrected chi connectivity index (χ0v) is 28.5. The van der Waals surface area contributed by atoms with Crippen molar-refractivity contribution < 1.29 is 19.1 Å². The van der Waals surface area contributed by atoms with E-state index in [1.54, 1.807) is 0 Å². The third-order valence-electron chi connectivity index (χ3n) is 10.3. The largest absolute Gasteiger partial charge is 0.453 e. The summed E-state index contributed by atoms with van der Waals surface area (Å²) in [4.78, 5) is 59.4. The van der Waals surface area contributed by atoms with Gasteiger partial charge in [0, 0.05) is 31.7 Å². The van der Waals surface area contributed by atoms with E-state index in [0.717, 1.165) is 91.5 Å². The number of fused-ring (bicyclic) bond motifs is 1. The highest BCUT2D eigenvalue weighted by Gasteiger charge is 2.37. The molecule has 12 heteroatoms. The molecule has 0 bridgehead atoms. The number of H-pyrrole nitrogens is 2. The Hall–Kier alpha value is -4.97. The van der Waals surface area contributed by atoms with Crippen LogP contribution in [0, 0.1) is 5.92 Å². The standard InChI is InChI=1S/C37H44N8O4/c1-22(2)33(42-37(48)49-4)36(47)45-16-6-8-32(45)35-38-17-29(40-35)24-11-9-23(10-12-24)25-13-14-26(28-20-43(3)19-27(25)28)30-18-39-34(41-30)31-7-5-15-44(31)21-46/h9-14,17-18,21-22,31-33H,5-8,15-16,19-20H2,1-4H3,(H,38,40)(H,39,41)(H,42,48). The van der Waals surface area contributed by atoms with Crippen LogP contribution in [0.1, 0.15) is 74.4 Å². The van der Waals surface area contributed by atoms with E-state index in [1.165, 1.54) is 23.8 Å². The first-order chi connectivity index (χ1) is 23.7. The quantitative estimate of drug-likeness (QED) is 0.203. The van der Waals surface area contributed by atoms with Crippen LogP contribution in [0.25, 0.3) is 33.6 Å². The number of alkyl carbamates (subject to hydrolysis) is 1. The van der Waals surface area contributed by atoms with Crippen LogP contribution in [-0.2, 0) is 27.4 Å². The molecule has 3 N–H and O–H groups in total. The third kappa shape index (κ3) is 6.21. The van der Waals surface area contributed by atoms with E-state index in [1.807, 2.05) is 36.0 Å². The number of ether oxygens (including phenoxy) is 1. The lowest BCUT2D eigenvalue weighted by Gasteiger charge is -2.30. The van der Waals surface area contributed by atoms with Gasteiger partial charge < -0.3 is 29.8 Å². The Bertz CT molecular complexity index is 1850. The number of nitrogens with zero attached hydrogens (tertiary/aromatic N) is 5. The van der Waals surface area contributed by atoms with Crippen LogP contribution in [0.5, 0.6) is 0 Å². The number of carbonyl (C=O) groups is 3. The van der Waals surface area contributed by atoms with Crippen LogP contribution in [0.15, 0.2) is 48.8 Å². The molecule has 12 nitrogen and oxygen atoms in total. The number of aromatic nitrogens is 4. The minimum atomic E-state index is -0.673. The number of methoxy groups -OCH3 is 1. The fourth-order valence-electron chi connectivity index (χ4n) is 7.70. The molecule has 2 aromatic carbocycles. The van der Waals surface area contributed by atoms with E-state index in [2.05, 4.69) is 68.6 Å². The third-order valence-corrected chi connectivity index (χ3v) is 10.3. The molecule has 49 heavy (non-hydrogen) atoms. The highest BCUT2D eigenvalue weighted by Crippen LogP contribution is 2.40. The maximum absolute atomic E-state index is 13.5. The Morgan fingerprint density at radius 1 is 0.878 bits per heavy atom. The number of rotatable bonds is 9. The van der Waals surface area contributed by atoms with E-state index in [0.29, 0.717) is 6.54 Å². The van der Waals surface area contributed by atoms with Gasteiger partial charge in [0.05, 0.1) is 43.0 Å². The molecule has 5 heterocycles. The number of benzene rings is 2. The van der Waals surface area contributed by atoms with Gasteiger partial charge >= 0.3 is 6.09 Å². The SMILES string of the molecule is COC(=O)NC(C(=O)N1CCCC1c1ncc(-c2ccc(-c3ccc(-c4cnc(C5CCCN5C=O)[nH]4)c4c3CN(C)C4)cc2)[nH]1)C(C)C. The van der Waals surface area contributed by atoms with Crippen molar-refractivity contribution in [2.75, 3.05) is 27.2 Å². The Morgan fingerprint density at radius 3 is 2.20 bits per heavy atom. The summed E-state index contributed by atoms with van der Waals surface area (Å²) in [6.45, 7) is 6.92. The summed E-state index contributed by atoms with van der Waals surface area (Å²) in [6, 6.07) is 12.1. The molecule has 0 saturated carbocycles. The molecule has 2 fully saturated rings. The molecule has 3 aliphatic rings. The lowest BCUT2D eigenvalue weighted by atomic mass is 9.92. The van der Waals surface area contributed by atoms with Crippen LogP contribution in [-0.4, -0.2) is 86.3 Å². The Labute approximate surface area is 286 Å². The minimum absolute atomic E-state index is 0.0119. The fraction of sp³-hybridized carbons (Fsp3) is 0.432. The number of likely N-dealkylation sites (tertiary alicyclic amines) is 2. The lowest BCUT2D eigenvalue weighted by molar-refractivity contribution is -0.135. The van der Waals surface area contributed by atoms with Crippen molar-refractivity contribution in [3.05, 3.63) is 71.6 Å². The maximum atomic E-state index is 13.5. The van der Waals surface area contributed by atoms with Crippen LogP contribution < -0.4 is 5.32 Å². The topological polar surface area (TPSA) is 140 Å². The van der Waals surface area contributed by atoms with Gasteiger partial charge in [-0.05, 0) is 66.5 Å². The van der Waals surface area contributed by atoms with Gasteiger partial charge in [-0.25, -0.2) is 14.8 Å². The normalized spacial score (nSPS) is 19.8. The molecule has 2 aromatic heterocycles. The van der Waals surface area contributed by atoms with Crippen LogP contribution >= 0.6 is 0 Å². The predicted molar refractivity (Wildman–Crippen MR) is 185 cm³/mol. The van der Waals surface area contributed by atoms with E-state index < -0.39 is 12.1 Å². The van der Waals surface area contributed by atoms with Gasteiger partial charge in [-0.2, -0.15) is 0 Å². The van der Waals surface area contributed by atoms with Crippen LogP contribution in [0.3, 0.4) is 0 Å². The summed E-state index contributed by atoms with van der Waals surface area (Å²) < 4.78 is 4.76. The Kier molecular flexibility index (Phi) is 8.98. The van der Waals surface area contributed by atoms with E-state index in [4.69, 9.17) is 9.72 Å². The zero-order chi connectivity index (χ0) is 34.2. The Morgan fingerprint density at radius 2 is 1.49 bits per heavy atom. The van der Waals surface area contributed by atoms with E-state index >= 15 is 0 Å². The molecule has 3 atom stereocenters. The average Bonchev–Trinajstić information content (AvgIpc) is 3.95. The van der Waals surface area contributed by atoms with Gasteiger partial charge in [0.25, 0.3) is 0 Å². The summed E-state index contributed by atoms with van der Waals surface area (Å²) in [6.07, 6.45) is 7.63. The number of carbonyl (C=O) groups excluding carboxylic acids is 3. The zero-order valence-electron chi connectivity index (χ0n) is 28.5. The molecular formula is C37H44N8O4. The molecule has 0 radical (unpaired) electrons. The molecular weight excluding hydrogens is 620 g/mol. The fourth-order valence-corrected chi connectivity index (χ4v) is 7.70. The first-order valence-corrected chi connectivity index (χ1v) is 17.2. The van der Waals surface area contributed by atoms with Crippen molar-refractivity contribution in [1.29, 1.82) is 0 Å². The van der Waals surface area contributed by atoms with Crippen LogP contribution in [0.2, 0.25) is 0 Å².